The van der Waals surface area contributed by atoms with Gasteiger partial charge >= 0.3 is 6.18 Å². The highest BCUT2D eigenvalue weighted by Crippen LogP contribution is 2.21. The normalized spacial score (nSPS) is 16.6. The third kappa shape index (κ3) is 7.81. The Bertz CT molecular complexity index is 779. The summed E-state index contributed by atoms with van der Waals surface area (Å²) in [4.78, 5) is 16.1. The number of nitrogens with zero attached hydrogens (tertiary/aromatic N) is 2. The second kappa shape index (κ2) is 10.2. The van der Waals surface area contributed by atoms with Crippen LogP contribution in [0.4, 0.5) is 13.2 Å². The Labute approximate surface area is 168 Å². The van der Waals surface area contributed by atoms with Crippen LogP contribution in [0.3, 0.4) is 0 Å². The lowest BCUT2D eigenvalue weighted by molar-refractivity contribution is -0.154. The number of carbonyl (C=O) groups excluding carboxylic acids is 1. The Balaban J connectivity index is 1.80. The Kier molecular flexibility index (Phi) is 8.26. The van der Waals surface area contributed by atoms with Gasteiger partial charge in [-0.15, -0.1) is 0 Å². The molecule has 11 heteroatoms. The molecule has 0 unspecified atom stereocenters. The zero-order valence-corrected chi connectivity index (χ0v) is 17.1. The van der Waals surface area contributed by atoms with E-state index in [0.29, 0.717) is 37.9 Å². The van der Waals surface area contributed by atoms with Gasteiger partial charge in [-0.1, -0.05) is 13.3 Å². The number of aromatic nitrogens is 1. The number of unbranched alkanes of at least 4 members (excludes halogenated alkanes) is 1. The first-order valence-corrected chi connectivity index (χ1v) is 11.1. The van der Waals surface area contributed by atoms with Gasteiger partial charge in [0.05, 0.1) is 5.75 Å². The van der Waals surface area contributed by atoms with Gasteiger partial charge in [-0.25, -0.2) is 17.7 Å². The van der Waals surface area contributed by atoms with Crippen LogP contribution in [-0.2, 0) is 21.4 Å². The quantitative estimate of drug-likeness (QED) is 0.641. The number of piperidine rings is 1. The number of carbonyl (C=O) groups is 1. The van der Waals surface area contributed by atoms with Crippen LogP contribution in [0.25, 0.3) is 0 Å². The van der Waals surface area contributed by atoms with E-state index in [4.69, 9.17) is 0 Å². The third-order valence-electron chi connectivity index (χ3n) is 4.62. The molecule has 0 spiro atoms. The molecule has 2 rings (SSSR count). The second-order valence-electron chi connectivity index (χ2n) is 6.97. The number of ether oxygens (including phenoxy) is 1. The van der Waals surface area contributed by atoms with Crippen molar-refractivity contribution in [3.8, 4) is 5.88 Å². The summed E-state index contributed by atoms with van der Waals surface area (Å²) in [5.74, 6) is -0.540. The predicted octanol–water partition coefficient (Wildman–Crippen LogP) is 2.48. The smallest absolute Gasteiger partial charge is 0.422 e. The highest BCUT2D eigenvalue weighted by atomic mass is 32.2. The highest BCUT2D eigenvalue weighted by molar-refractivity contribution is 7.89. The van der Waals surface area contributed by atoms with Crippen molar-refractivity contribution in [3.05, 3.63) is 23.9 Å². The summed E-state index contributed by atoms with van der Waals surface area (Å²) in [7, 11) is -3.27. The number of alkyl halides is 3. The first kappa shape index (κ1) is 23.4. The third-order valence-corrected chi connectivity index (χ3v) is 6.58. The van der Waals surface area contributed by atoms with Gasteiger partial charge in [0.1, 0.15) is 0 Å². The molecule has 1 aromatic rings. The molecule has 1 aliphatic rings. The summed E-state index contributed by atoms with van der Waals surface area (Å²) >= 11 is 0. The molecule has 1 aromatic heterocycles. The van der Waals surface area contributed by atoms with E-state index in [2.05, 4.69) is 15.0 Å². The minimum Gasteiger partial charge on any atom is -0.468 e. The zero-order valence-electron chi connectivity index (χ0n) is 16.2. The average Bonchev–Trinajstić information content (AvgIpc) is 2.69. The van der Waals surface area contributed by atoms with E-state index in [1.165, 1.54) is 16.6 Å². The van der Waals surface area contributed by atoms with Gasteiger partial charge in [0.15, 0.2) is 6.61 Å². The van der Waals surface area contributed by atoms with E-state index in [1.54, 1.807) is 6.07 Å². The van der Waals surface area contributed by atoms with Gasteiger partial charge in [0.2, 0.25) is 21.8 Å². The maximum absolute atomic E-state index is 12.4. The van der Waals surface area contributed by atoms with Gasteiger partial charge in [-0.3, -0.25) is 4.79 Å². The van der Waals surface area contributed by atoms with Crippen molar-refractivity contribution in [2.45, 2.75) is 45.3 Å². The number of pyridine rings is 1. The summed E-state index contributed by atoms with van der Waals surface area (Å²) in [6, 6.07) is 2.92. The fourth-order valence-electron chi connectivity index (χ4n) is 2.98. The number of nitrogens with one attached hydrogen (secondary N) is 1. The Morgan fingerprint density at radius 3 is 2.66 bits per heavy atom. The van der Waals surface area contributed by atoms with E-state index in [-0.39, 0.29) is 30.0 Å². The van der Waals surface area contributed by atoms with Gasteiger partial charge in [-0.05, 0) is 30.9 Å². The van der Waals surface area contributed by atoms with Crippen molar-refractivity contribution in [1.29, 1.82) is 0 Å². The molecule has 1 saturated heterocycles. The van der Waals surface area contributed by atoms with Crippen LogP contribution in [0, 0.1) is 5.92 Å². The van der Waals surface area contributed by atoms with Crippen LogP contribution in [0.2, 0.25) is 0 Å². The lowest BCUT2D eigenvalue weighted by Crippen LogP contribution is -2.43. The second-order valence-corrected chi connectivity index (χ2v) is 9.06. The van der Waals surface area contributed by atoms with Crippen molar-refractivity contribution in [1.82, 2.24) is 14.6 Å². The van der Waals surface area contributed by atoms with E-state index in [0.717, 1.165) is 6.42 Å². The number of hydrogen-bond donors (Lipinski definition) is 1. The Morgan fingerprint density at radius 1 is 1.34 bits per heavy atom. The summed E-state index contributed by atoms with van der Waals surface area (Å²) in [5, 5.41) is 2.74. The van der Waals surface area contributed by atoms with Gasteiger partial charge < -0.3 is 10.1 Å². The molecule has 164 valence electrons. The maximum atomic E-state index is 12.4. The monoisotopic (exact) mass is 437 g/mol. The standard InChI is InChI=1S/C18H26F3N3O4S/c1-2-3-10-29(26,27)24-8-5-15(6-9-24)17(25)23-12-14-4-7-22-16(11-14)28-13-18(19,20)21/h4,7,11,15H,2-3,5-6,8-10,12-13H2,1H3,(H,23,25). The van der Waals surface area contributed by atoms with Crippen LogP contribution in [0.1, 0.15) is 38.2 Å². The molecule has 0 radical (unpaired) electrons. The van der Waals surface area contributed by atoms with Gasteiger partial charge in [-0.2, -0.15) is 13.2 Å². The fraction of sp³-hybridized carbons (Fsp3) is 0.667. The SMILES string of the molecule is CCCCS(=O)(=O)N1CCC(C(=O)NCc2ccnc(OCC(F)(F)F)c2)CC1. The van der Waals surface area contributed by atoms with Crippen molar-refractivity contribution in [2.75, 3.05) is 25.4 Å². The molecule has 1 fully saturated rings. The van der Waals surface area contributed by atoms with Crippen LogP contribution >= 0.6 is 0 Å². The molecule has 0 bridgehead atoms. The summed E-state index contributed by atoms with van der Waals surface area (Å²) in [6.45, 7) is 1.25. The van der Waals surface area contributed by atoms with Gasteiger partial charge in [0, 0.05) is 37.8 Å². The van der Waals surface area contributed by atoms with Gasteiger partial charge in [0.25, 0.3) is 0 Å². The molecule has 7 nitrogen and oxygen atoms in total. The fourth-order valence-corrected chi connectivity index (χ4v) is 4.66. The molecular formula is C18H26F3N3O4S. The van der Waals surface area contributed by atoms with Crippen LogP contribution < -0.4 is 10.1 Å². The van der Waals surface area contributed by atoms with E-state index < -0.39 is 22.8 Å². The first-order chi connectivity index (χ1) is 13.6. The van der Waals surface area contributed by atoms with Crippen molar-refractivity contribution in [2.24, 2.45) is 5.92 Å². The number of rotatable bonds is 9. The lowest BCUT2D eigenvalue weighted by Gasteiger charge is -2.30. The summed E-state index contributed by atoms with van der Waals surface area (Å²) in [5.41, 5.74) is 0.560. The molecular weight excluding hydrogens is 411 g/mol. The number of sulfonamides is 1. The van der Waals surface area contributed by atoms with Crippen molar-refractivity contribution >= 4 is 15.9 Å². The lowest BCUT2D eigenvalue weighted by atomic mass is 9.97. The predicted molar refractivity (Wildman–Crippen MR) is 101 cm³/mol. The molecule has 1 aliphatic heterocycles. The average molecular weight is 437 g/mol. The van der Waals surface area contributed by atoms with E-state index in [9.17, 15) is 26.4 Å². The summed E-state index contributed by atoms with van der Waals surface area (Å²) in [6.07, 6.45) is -0.849. The molecule has 0 atom stereocenters. The molecule has 1 N–H and O–H groups in total. The highest BCUT2D eigenvalue weighted by Gasteiger charge is 2.31. The topological polar surface area (TPSA) is 88.6 Å². The maximum Gasteiger partial charge on any atom is 0.422 e. The molecule has 0 aliphatic carbocycles. The van der Waals surface area contributed by atoms with Crippen LogP contribution in [-0.4, -0.2) is 55.2 Å². The largest absolute Gasteiger partial charge is 0.468 e. The zero-order chi connectivity index (χ0) is 21.5. The Hall–Kier alpha value is -1.88. The molecule has 0 saturated carbocycles. The molecule has 2 heterocycles. The van der Waals surface area contributed by atoms with Crippen LogP contribution in [0.5, 0.6) is 5.88 Å². The summed E-state index contributed by atoms with van der Waals surface area (Å²) < 4.78 is 67.1. The number of amides is 1. The molecule has 0 aromatic carbocycles. The van der Waals surface area contributed by atoms with Crippen LogP contribution in [0.15, 0.2) is 18.3 Å². The molecule has 1 amide bonds. The van der Waals surface area contributed by atoms with E-state index >= 15 is 0 Å². The van der Waals surface area contributed by atoms with Crippen molar-refractivity contribution < 1.29 is 31.1 Å². The van der Waals surface area contributed by atoms with E-state index in [1.807, 2.05) is 6.92 Å². The molecule has 29 heavy (non-hydrogen) atoms. The number of hydrogen-bond acceptors (Lipinski definition) is 5. The first-order valence-electron chi connectivity index (χ1n) is 9.51. The minimum atomic E-state index is -4.45. The van der Waals surface area contributed by atoms with Crippen molar-refractivity contribution in [3.63, 3.8) is 0 Å². The Morgan fingerprint density at radius 2 is 2.03 bits per heavy atom. The minimum absolute atomic E-state index is 0.124. The number of halogens is 3.